The molecular weight excluding hydrogens is 368 g/mol. The monoisotopic (exact) mass is 394 g/mol. The van der Waals surface area contributed by atoms with Crippen molar-refractivity contribution >= 4 is 22.9 Å². The molecule has 0 bridgehead atoms. The molecule has 0 unspecified atom stereocenters. The van der Waals surface area contributed by atoms with Gasteiger partial charge in [0.15, 0.2) is 11.5 Å². The van der Waals surface area contributed by atoms with E-state index < -0.39 is 0 Å². The van der Waals surface area contributed by atoms with E-state index in [1.807, 2.05) is 18.2 Å². The quantitative estimate of drug-likeness (QED) is 0.620. The lowest BCUT2D eigenvalue weighted by atomic mass is 10.1. The van der Waals surface area contributed by atoms with Gasteiger partial charge in [0.25, 0.3) is 0 Å². The molecule has 1 saturated heterocycles. The van der Waals surface area contributed by atoms with Crippen molar-refractivity contribution in [2.45, 2.75) is 19.5 Å². The average Bonchev–Trinajstić information content (AvgIpc) is 3.04. The summed E-state index contributed by atoms with van der Waals surface area (Å²) in [7, 11) is 1.60. The molecule has 1 aromatic heterocycles. The molecular formula is C20H27ClN2O2S+2. The van der Waals surface area contributed by atoms with Crippen LogP contribution in [0.25, 0.3) is 0 Å². The summed E-state index contributed by atoms with van der Waals surface area (Å²) in [6.45, 7) is 10.1. The van der Waals surface area contributed by atoms with Gasteiger partial charge in [-0.25, -0.2) is 0 Å². The van der Waals surface area contributed by atoms with Gasteiger partial charge in [0.1, 0.15) is 39.3 Å². The molecule has 2 aromatic rings. The van der Waals surface area contributed by atoms with Crippen LogP contribution in [0.2, 0.25) is 4.34 Å². The number of halogens is 1. The normalized spacial score (nSPS) is 20.1. The molecule has 0 saturated carbocycles. The second kappa shape index (κ2) is 8.91. The van der Waals surface area contributed by atoms with E-state index in [0.29, 0.717) is 5.75 Å². The van der Waals surface area contributed by atoms with Gasteiger partial charge in [-0.05, 0) is 36.2 Å². The molecule has 0 aliphatic carbocycles. The van der Waals surface area contributed by atoms with E-state index in [1.165, 1.54) is 9.78 Å². The van der Waals surface area contributed by atoms with E-state index in [2.05, 4.69) is 18.7 Å². The van der Waals surface area contributed by atoms with E-state index in [9.17, 15) is 5.11 Å². The van der Waals surface area contributed by atoms with E-state index in [1.54, 1.807) is 23.3 Å². The summed E-state index contributed by atoms with van der Waals surface area (Å²) in [6.07, 6.45) is 2.65. The largest absolute Gasteiger partial charge is 0.504 e. The van der Waals surface area contributed by atoms with Crippen LogP contribution < -0.4 is 14.5 Å². The zero-order valence-corrected chi connectivity index (χ0v) is 16.8. The Bertz CT molecular complexity index is 754. The first-order valence-electron chi connectivity index (χ1n) is 9.00. The molecule has 1 aliphatic heterocycles. The first kappa shape index (κ1) is 19.2. The van der Waals surface area contributed by atoms with Crippen molar-refractivity contribution in [3.8, 4) is 11.5 Å². The number of phenolic OH excluding ortho intramolecular Hbond substituents is 1. The van der Waals surface area contributed by atoms with Gasteiger partial charge in [-0.3, -0.25) is 0 Å². The summed E-state index contributed by atoms with van der Waals surface area (Å²) in [4.78, 5) is 4.47. The van der Waals surface area contributed by atoms with Crippen LogP contribution in [-0.4, -0.2) is 38.4 Å². The first-order chi connectivity index (χ1) is 12.6. The summed E-state index contributed by atoms with van der Waals surface area (Å²) in [5, 5.41) is 10.5. The Morgan fingerprint density at radius 1 is 1.19 bits per heavy atom. The van der Waals surface area contributed by atoms with Gasteiger partial charge >= 0.3 is 0 Å². The number of rotatable bonds is 7. The van der Waals surface area contributed by atoms with E-state index in [-0.39, 0.29) is 5.75 Å². The number of thiophene rings is 1. The summed E-state index contributed by atoms with van der Waals surface area (Å²) in [5.41, 5.74) is 2.09. The molecule has 0 atom stereocenters. The van der Waals surface area contributed by atoms with Crippen LogP contribution in [0.5, 0.6) is 11.5 Å². The second-order valence-corrected chi connectivity index (χ2v) is 8.66. The highest BCUT2D eigenvalue weighted by Crippen LogP contribution is 2.31. The molecule has 140 valence electrons. The SMILES string of the molecule is C=CCc1cc(C[NH+]2CC[NH+](Cc3ccc(Cl)s3)CC2)c(O)c(OC)c1. The van der Waals surface area contributed by atoms with E-state index in [0.717, 1.165) is 61.2 Å². The molecule has 26 heavy (non-hydrogen) atoms. The lowest BCUT2D eigenvalue weighted by molar-refractivity contribution is -1.02. The number of hydrogen-bond donors (Lipinski definition) is 3. The number of benzene rings is 1. The Morgan fingerprint density at radius 2 is 1.88 bits per heavy atom. The van der Waals surface area contributed by atoms with E-state index in [4.69, 9.17) is 16.3 Å². The second-order valence-electron chi connectivity index (χ2n) is 6.86. The number of piperazine rings is 1. The molecule has 4 nitrogen and oxygen atoms in total. The van der Waals surface area contributed by atoms with Crippen LogP contribution in [0.4, 0.5) is 0 Å². The number of allylic oxidation sites excluding steroid dienone is 1. The third-order valence-electron chi connectivity index (χ3n) is 4.97. The van der Waals surface area contributed by atoms with Gasteiger partial charge in [0, 0.05) is 0 Å². The molecule has 1 aromatic carbocycles. The molecule has 6 heteroatoms. The zero-order chi connectivity index (χ0) is 18.5. The number of phenols is 1. The standard InChI is InChI=1S/C20H25ClN2O2S/c1-3-4-15-11-16(20(24)18(12-15)25-2)13-22-7-9-23(10-8-22)14-17-5-6-19(21)26-17/h3,5-6,11-12,24H,1,4,7-10,13-14H2,2H3/p+2. The molecule has 3 rings (SSSR count). The topological polar surface area (TPSA) is 38.3 Å². The minimum absolute atomic E-state index is 0.274. The molecule has 0 amide bonds. The number of quaternary nitrogens is 2. The minimum atomic E-state index is 0.274. The van der Waals surface area contributed by atoms with Crippen molar-refractivity contribution in [1.82, 2.24) is 0 Å². The maximum absolute atomic E-state index is 10.5. The van der Waals surface area contributed by atoms with Crippen molar-refractivity contribution in [3.63, 3.8) is 0 Å². The summed E-state index contributed by atoms with van der Waals surface area (Å²) < 4.78 is 6.21. The van der Waals surface area contributed by atoms with Crippen LogP contribution in [0, 0.1) is 0 Å². The molecule has 1 aliphatic rings. The highest BCUT2D eigenvalue weighted by Gasteiger charge is 2.25. The van der Waals surface area contributed by atoms with Gasteiger partial charge in [-0.2, -0.15) is 0 Å². The predicted molar refractivity (Wildman–Crippen MR) is 107 cm³/mol. The summed E-state index contributed by atoms with van der Waals surface area (Å²) in [5.74, 6) is 0.827. The number of aromatic hydroxyl groups is 1. The smallest absolute Gasteiger partial charge is 0.166 e. The molecule has 3 N–H and O–H groups in total. The van der Waals surface area contributed by atoms with Gasteiger partial charge in [0.05, 0.1) is 21.9 Å². The lowest BCUT2D eigenvalue weighted by Gasteiger charge is -2.29. The van der Waals surface area contributed by atoms with Crippen LogP contribution in [0.1, 0.15) is 16.0 Å². The Kier molecular flexibility index (Phi) is 6.59. The lowest BCUT2D eigenvalue weighted by Crippen LogP contribution is -3.27. The Labute approximate surface area is 164 Å². The minimum Gasteiger partial charge on any atom is -0.504 e. The van der Waals surface area contributed by atoms with Crippen molar-refractivity contribution in [2.24, 2.45) is 0 Å². The molecule has 0 radical (unpaired) electrons. The van der Waals surface area contributed by atoms with Crippen molar-refractivity contribution < 1.29 is 19.6 Å². The highest BCUT2D eigenvalue weighted by atomic mass is 35.5. The van der Waals surface area contributed by atoms with Gasteiger partial charge < -0.3 is 19.6 Å². The average molecular weight is 395 g/mol. The van der Waals surface area contributed by atoms with Crippen LogP contribution in [0.15, 0.2) is 36.9 Å². The van der Waals surface area contributed by atoms with Crippen molar-refractivity contribution in [2.75, 3.05) is 33.3 Å². The molecule has 0 spiro atoms. The van der Waals surface area contributed by atoms with Crippen LogP contribution in [0.3, 0.4) is 0 Å². The Morgan fingerprint density at radius 3 is 2.46 bits per heavy atom. The number of hydrogen-bond acceptors (Lipinski definition) is 3. The van der Waals surface area contributed by atoms with Crippen LogP contribution >= 0.6 is 22.9 Å². The highest BCUT2D eigenvalue weighted by molar-refractivity contribution is 7.16. The number of ether oxygens (including phenoxy) is 1. The van der Waals surface area contributed by atoms with E-state index >= 15 is 0 Å². The van der Waals surface area contributed by atoms with Crippen molar-refractivity contribution in [3.05, 3.63) is 57.3 Å². The van der Waals surface area contributed by atoms with Gasteiger partial charge in [-0.15, -0.1) is 17.9 Å². The van der Waals surface area contributed by atoms with Crippen molar-refractivity contribution in [1.29, 1.82) is 0 Å². The first-order valence-corrected chi connectivity index (χ1v) is 10.2. The fraction of sp³-hybridized carbons (Fsp3) is 0.400. The summed E-state index contributed by atoms with van der Waals surface area (Å²) >= 11 is 7.71. The predicted octanol–water partition coefficient (Wildman–Crippen LogP) is 1.33. The third kappa shape index (κ3) is 4.80. The number of nitrogens with one attached hydrogen (secondary N) is 2. The maximum atomic E-state index is 10.5. The van der Waals surface area contributed by atoms with Gasteiger partial charge in [-0.1, -0.05) is 17.7 Å². The maximum Gasteiger partial charge on any atom is 0.166 e. The molecule has 2 heterocycles. The Balaban J connectivity index is 1.60. The fourth-order valence-electron chi connectivity index (χ4n) is 3.58. The summed E-state index contributed by atoms with van der Waals surface area (Å²) in [6, 6.07) is 8.09. The van der Waals surface area contributed by atoms with Gasteiger partial charge in [0.2, 0.25) is 0 Å². The van der Waals surface area contributed by atoms with Crippen LogP contribution in [-0.2, 0) is 19.5 Å². The third-order valence-corrected chi connectivity index (χ3v) is 6.20. The zero-order valence-electron chi connectivity index (χ0n) is 15.2. The Hall–Kier alpha value is -1.53. The molecule has 1 fully saturated rings. The number of methoxy groups -OCH3 is 1. The fourth-order valence-corrected chi connectivity index (χ4v) is 4.74.